The van der Waals surface area contributed by atoms with Gasteiger partial charge in [0.2, 0.25) is 0 Å². The van der Waals surface area contributed by atoms with E-state index in [2.05, 4.69) is 35.5 Å². The number of thioether (sulfide) groups is 1. The average molecular weight is 283 g/mol. The van der Waals surface area contributed by atoms with Crippen LogP contribution in [0.4, 0.5) is 0 Å². The summed E-state index contributed by atoms with van der Waals surface area (Å²) in [5, 5.41) is 17.9. The molecule has 2 rings (SSSR count). The molecule has 1 fully saturated rings. The largest absolute Gasteiger partial charge is 0.481 e. The van der Waals surface area contributed by atoms with Crippen LogP contribution in [0.5, 0.6) is 0 Å². The van der Waals surface area contributed by atoms with E-state index in [0.29, 0.717) is 6.04 Å². The summed E-state index contributed by atoms with van der Waals surface area (Å²) in [4.78, 5) is 10.7. The maximum Gasteiger partial charge on any atom is 0.313 e. The second kappa shape index (κ2) is 5.53. The first-order chi connectivity index (χ1) is 8.87. The normalized spacial score (nSPS) is 15.7. The molecule has 1 aromatic heterocycles. The van der Waals surface area contributed by atoms with E-state index in [1.807, 2.05) is 0 Å². The van der Waals surface area contributed by atoms with Gasteiger partial charge in [0.1, 0.15) is 5.82 Å². The van der Waals surface area contributed by atoms with E-state index in [0.717, 1.165) is 36.7 Å². The Labute approximate surface area is 117 Å². The van der Waals surface area contributed by atoms with Crippen LogP contribution in [-0.4, -0.2) is 31.6 Å². The van der Waals surface area contributed by atoms with Gasteiger partial charge in [0.25, 0.3) is 0 Å². The van der Waals surface area contributed by atoms with E-state index < -0.39 is 5.97 Å². The Hall–Kier alpha value is -1.04. The molecule has 5 nitrogen and oxygen atoms in total. The molecule has 1 aliphatic carbocycles. The Kier molecular flexibility index (Phi) is 4.18. The van der Waals surface area contributed by atoms with Gasteiger partial charge in [-0.05, 0) is 24.7 Å². The van der Waals surface area contributed by atoms with E-state index in [1.54, 1.807) is 0 Å². The Morgan fingerprint density at radius 1 is 1.42 bits per heavy atom. The molecule has 6 heteroatoms. The van der Waals surface area contributed by atoms with Gasteiger partial charge in [-0.25, -0.2) is 0 Å². The third-order valence-electron chi connectivity index (χ3n) is 3.07. The molecule has 1 aromatic rings. The molecule has 19 heavy (non-hydrogen) atoms. The third kappa shape index (κ3) is 4.23. The first-order valence-corrected chi connectivity index (χ1v) is 7.64. The van der Waals surface area contributed by atoms with Crippen LogP contribution in [0, 0.1) is 5.41 Å². The van der Waals surface area contributed by atoms with Gasteiger partial charge < -0.3 is 9.67 Å². The summed E-state index contributed by atoms with van der Waals surface area (Å²) in [6.07, 6.45) is 4.27. The summed E-state index contributed by atoms with van der Waals surface area (Å²) in [6.45, 7) is 6.64. The monoisotopic (exact) mass is 283 g/mol. The predicted octanol–water partition coefficient (Wildman–Crippen LogP) is 2.77. The molecular formula is C13H21N3O2S. The highest BCUT2D eigenvalue weighted by atomic mass is 32.2. The fraction of sp³-hybridized carbons (Fsp3) is 0.769. The number of carboxylic acid groups (broad SMARTS) is 1. The summed E-state index contributed by atoms with van der Waals surface area (Å²) < 4.78 is 2.15. The second-order valence-corrected chi connectivity index (χ2v) is 7.19. The first-order valence-electron chi connectivity index (χ1n) is 6.65. The lowest BCUT2D eigenvalue weighted by Crippen LogP contribution is -2.10. The van der Waals surface area contributed by atoms with Crippen LogP contribution in [0.1, 0.15) is 51.9 Å². The minimum atomic E-state index is -0.813. The van der Waals surface area contributed by atoms with Crippen LogP contribution in [0.15, 0.2) is 5.16 Å². The van der Waals surface area contributed by atoms with Crippen molar-refractivity contribution >= 4 is 17.7 Å². The maximum atomic E-state index is 10.7. The highest BCUT2D eigenvalue weighted by Gasteiger charge is 2.30. The van der Waals surface area contributed by atoms with E-state index in [9.17, 15) is 4.79 Å². The number of aryl methyl sites for hydroxylation is 1. The molecule has 0 bridgehead atoms. The highest BCUT2D eigenvalue weighted by molar-refractivity contribution is 7.99. The van der Waals surface area contributed by atoms with Crippen LogP contribution in [0.3, 0.4) is 0 Å². The standard InChI is InChI=1S/C13H21N3O2S/c1-13(2,3)7-6-10-14-15-12(19-8-11(17)18)16(10)9-4-5-9/h9H,4-8H2,1-3H3,(H,17,18). The van der Waals surface area contributed by atoms with Gasteiger partial charge in [-0.3, -0.25) is 4.79 Å². The van der Waals surface area contributed by atoms with Crippen molar-refractivity contribution in [2.75, 3.05) is 5.75 Å². The van der Waals surface area contributed by atoms with E-state index in [-0.39, 0.29) is 11.2 Å². The number of nitrogens with zero attached hydrogens (tertiary/aromatic N) is 3. The van der Waals surface area contributed by atoms with Crippen LogP contribution in [0.2, 0.25) is 0 Å². The van der Waals surface area contributed by atoms with E-state index in [4.69, 9.17) is 5.11 Å². The molecule has 1 heterocycles. The number of carboxylic acids is 1. The van der Waals surface area contributed by atoms with E-state index >= 15 is 0 Å². The molecule has 0 saturated heterocycles. The zero-order chi connectivity index (χ0) is 14.0. The molecule has 0 unspecified atom stereocenters. The van der Waals surface area contributed by atoms with Crippen molar-refractivity contribution in [3.63, 3.8) is 0 Å². The van der Waals surface area contributed by atoms with Crippen molar-refractivity contribution in [1.29, 1.82) is 0 Å². The van der Waals surface area contributed by atoms with Gasteiger partial charge in [0.05, 0.1) is 5.75 Å². The lowest BCUT2D eigenvalue weighted by molar-refractivity contribution is -0.133. The fourth-order valence-electron chi connectivity index (χ4n) is 1.89. The van der Waals surface area contributed by atoms with Gasteiger partial charge in [-0.15, -0.1) is 10.2 Å². The number of hydrogen-bond donors (Lipinski definition) is 1. The molecule has 0 amide bonds. The molecule has 0 aromatic carbocycles. The zero-order valence-corrected chi connectivity index (χ0v) is 12.5. The number of hydrogen-bond acceptors (Lipinski definition) is 4. The predicted molar refractivity (Wildman–Crippen MR) is 74.4 cm³/mol. The first kappa shape index (κ1) is 14.4. The van der Waals surface area contributed by atoms with Crippen molar-refractivity contribution < 1.29 is 9.90 Å². The van der Waals surface area contributed by atoms with Gasteiger partial charge >= 0.3 is 5.97 Å². The fourth-order valence-corrected chi connectivity index (χ4v) is 2.63. The second-order valence-electron chi connectivity index (χ2n) is 6.24. The quantitative estimate of drug-likeness (QED) is 0.813. The maximum absolute atomic E-state index is 10.7. The Bertz CT molecular complexity index is 461. The number of carbonyl (C=O) groups is 1. The minimum absolute atomic E-state index is 0.0458. The summed E-state index contributed by atoms with van der Waals surface area (Å²) in [7, 11) is 0. The third-order valence-corrected chi connectivity index (χ3v) is 4.00. The molecule has 106 valence electrons. The smallest absolute Gasteiger partial charge is 0.313 e. The van der Waals surface area contributed by atoms with Crippen LogP contribution in [-0.2, 0) is 11.2 Å². The minimum Gasteiger partial charge on any atom is -0.481 e. The van der Waals surface area contributed by atoms with Crippen molar-refractivity contribution in [1.82, 2.24) is 14.8 Å². The van der Waals surface area contributed by atoms with Crippen molar-refractivity contribution in [3.8, 4) is 0 Å². The summed E-state index contributed by atoms with van der Waals surface area (Å²) in [5.41, 5.74) is 0.273. The molecule has 0 spiro atoms. The number of rotatable bonds is 6. The summed E-state index contributed by atoms with van der Waals surface area (Å²) >= 11 is 1.27. The van der Waals surface area contributed by atoms with Crippen molar-refractivity contribution in [2.45, 2.75) is 57.7 Å². The number of aromatic nitrogens is 3. The van der Waals surface area contributed by atoms with Gasteiger partial charge in [0.15, 0.2) is 5.16 Å². The molecule has 1 aliphatic rings. The highest BCUT2D eigenvalue weighted by Crippen LogP contribution is 2.39. The topological polar surface area (TPSA) is 68.0 Å². The zero-order valence-electron chi connectivity index (χ0n) is 11.7. The van der Waals surface area contributed by atoms with Crippen LogP contribution >= 0.6 is 11.8 Å². The van der Waals surface area contributed by atoms with Gasteiger partial charge in [-0.2, -0.15) is 0 Å². The van der Waals surface area contributed by atoms with Gasteiger partial charge in [-0.1, -0.05) is 32.5 Å². The van der Waals surface area contributed by atoms with Crippen molar-refractivity contribution in [3.05, 3.63) is 5.82 Å². The Morgan fingerprint density at radius 3 is 2.63 bits per heavy atom. The molecule has 0 aliphatic heterocycles. The van der Waals surface area contributed by atoms with E-state index in [1.165, 1.54) is 11.8 Å². The molecule has 0 atom stereocenters. The molecular weight excluding hydrogens is 262 g/mol. The van der Waals surface area contributed by atoms with Gasteiger partial charge in [0, 0.05) is 12.5 Å². The Morgan fingerprint density at radius 2 is 2.11 bits per heavy atom. The van der Waals surface area contributed by atoms with Crippen LogP contribution < -0.4 is 0 Å². The van der Waals surface area contributed by atoms with Crippen LogP contribution in [0.25, 0.3) is 0 Å². The molecule has 0 radical (unpaired) electrons. The summed E-state index contributed by atoms with van der Waals surface area (Å²) in [5.74, 6) is 0.237. The molecule has 1 saturated carbocycles. The Balaban J connectivity index is 2.08. The molecule has 1 N–H and O–H groups in total. The number of aliphatic carboxylic acids is 1. The lowest BCUT2D eigenvalue weighted by atomic mass is 9.90. The summed E-state index contributed by atoms with van der Waals surface area (Å²) in [6, 6.07) is 0.487. The van der Waals surface area contributed by atoms with Crippen molar-refractivity contribution in [2.24, 2.45) is 5.41 Å². The SMILES string of the molecule is CC(C)(C)CCc1nnc(SCC(=O)O)n1C1CC1. The average Bonchev–Trinajstić information content (AvgIpc) is 3.04. The lowest BCUT2D eigenvalue weighted by Gasteiger charge is -2.17.